The molecule has 0 bridgehead atoms. The lowest BCUT2D eigenvalue weighted by atomic mass is 9.81. The Morgan fingerprint density at radius 3 is 2.64 bits per heavy atom. The molecule has 0 spiro atoms. The van der Waals surface area contributed by atoms with Gasteiger partial charge in [0.05, 0.1) is 24.5 Å². The predicted octanol–water partition coefficient (Wildman–Crippen LogP) is 3.46. The normalized spacial score (nSPS) is 16.6. The first-order valence-electron chi connectivity index (χ1n) is 12.4. The fraction of sp³-hybridized carbons (Fsp3) is 0.357. The van der Waals surface area contributed by atoms with Gasteiger partial charge in [0.25, 0.3) is 5.91 Å². The van der Waals surface area contributed by atoms with Crippen molar-refractivity contribution in [3.8, 4) is 0 Å². The zero-order chi connectivity index (χ0) is 28.7. The highest BCUT2D eigenvalue weighted by Crippen LogP contribution is 2.31. The number of benzene rings is 1. The highest BCUT2D eigenvalue weighted by atomic mass is 19.1. The number of rotatable bonds is 10. The zero-order valence-electron chi connectivity index (χ0n) is 22.2. The number of nitrogens with one attached hydrogen (secondary N) is 2. The number of allylic oxidation sites excluding steroid dienone is 2. The van der Waals surface area contributed by atoms with E-state index >= 15 is 0 Å². The van der Waals surface area contributed by atoms with Crippen molar-refractivity contribution in [2.24, 2.45) is 10.7 Å². The number of halogens is 3. The second-order valence-electron chi connectivity index (χ2n) is 9.82. The van der Waals surface area contributed by atoms with Crippen LogP contribution in [0.3, 0.4) is 0 Å². The highest BCUT2D eigenvalue weighted by molar-refractivity contribution is 5.96. The van der Waals surface area contributed by atoms with Gasteiger partial charge in [-0.3, -0.25) is 19.6 Å². The lowest BCUT2D eigenvalue weighted by Gasteiger charge is -2.38. The van der Waals surface area contributed by atoms with Crippen LogP contribution in [-0.4, -0.2) is 59.5 Å². The van der Waals surface area contributed by atoms with Crippen molar-refractivity contribution in [1.29, 1.82) is 0 Å². The van der Waals surface area contributed by atoms with E-state index < -0.39 is 29.1 Å². The van der Waals surface area contributed by atoms with Gasteiger partial charge in [-0.05, 0) is 43.7 Å². The maximum absolute atomic E-state index is 14.7. The van der Waals surface area contributed by atoms with Gasteiger partial charge in [0.1, 0.15) is 11.6 Å². The lowest BCUT2D eigenvalue weighted by molar-refractivity contribution is -0.133. The molecule has 1 fully saturated rings. The number of likely N-dealkylation sites (tertiary alicyclic amines) is 1. The quantitative estimate of drug-likeness (QED) is 0.242. The first kappa shape index (κ1) is 29.4. The second-order valence-corrected chi connectivity index (χ2v) is 9.82. The van der Waals surface area contributed by atoms with E-state index in [0.29, 0.717) is 18.7 Å². The third-order valence-corrected chi connectivity index (χ3v) is 6.46. The third-order valence-electron chi connectivity index (χ3n) is 6.46. The molecular formula is C28H33F3N6O2. The summed E-state index contributed by atoms with van der Waals surface area (Å²) in [4.78, 5) is 33.9. The molecule has 2 aromatic rings. The number of hydrogen-bond acceptors (Lipinski definition) is 4. The van der Waals surface area contributed by atoms with Gasteiger partial charge in [0.2, 0.25) is 5.91 Å². The van der Waals surface area contributed by atoms with Gasteiger partial charge in [-0.1, -0.05) is 19.6 Å². The largest absolute Gasteiger partial charge is 0.370 e. The minimum absolute atomic E-state index is 0.0286. The van der Waals surface area contributed by atoms with Crippen LogP contribution in [0.2, 0.25) is 0 Å². The number of hydrogen-bond donors (Lipinski definition) is 3. The van der Waals surface area contributed by atoms with Crippen LogP contribution in [0.15, 0.2) is 60.4 Å². The number of carbonyl (C=O) groups excluding carboxylic acids is 2. The van der Waals surface area contributed by atoms with Crippen LogP contribution in [0.4, 0.5) is 13.2 Å². The summed E-state index contributed by atoms with van der Waals surface area (Å²) in [7, 11) is 0. The summed E-state index contributed by atoms with van der Waals surface area (Å²) in [6.07, 6.45) is 2.92. The average molecular weight is 543 g/mol. The number of alkyl halides is 1. The zero-order valence-corrected chi connectivity index (χ0v) is 22.2. The minimum atomic E-state index is -1.24. The molecule has 1 aromatic heterocycles. The van der Waals surface area contributed by atoms with Crippen molar-refractivity contribution in [2.45, 2.75) is 44.8 Å². The van der Waals surface area contributed by atoms with E-state index in [0.717, 1.165) is 0 Å². The van der Waals surface area contributed by atoms with Crippen LogP contribution < -0.4 is 16.4 Å². The first-order valence-corrected chi connectivity index (χ1v) is 12.4. The van der Waals surface area contributed by atoms with Crippen molar-refractivity contribution in [3.05, 3.63) is 83.8 Å². The van der Waals surface area contributed by atoms with Gasteiger partial charge in [0.15, 0.2) is 5.96 Å². The molecule has 2 heterocycles. The number of nitrogens with two attached hydrogens (primary N) is 1. The molecule has 2 atom stereocenters. The van der Waals surface area contributed by atoms with E-state index in [2.05, 4.69) is 27.2 Å². The van der Waals surface area contributed by atoms with Gasteiger partial charge in [-0.2, -0.15) is 0 Å². The molecule has 3 rings (SSSR count). The molecule has 0 unspecified atom stereocenters. The smallest absolute Gasteiger partial charge is 0.251 e. The molecule has 0 aliphatic carbocycles. The van der Waals surface area contributed by atoms with E-state index in [1.807, 2.05) is 0 Å². The summed E-state index contributed by atoms with van der Waals surface area (Å²) in [6, 6.07) is 6.46. The maximum atomic E-state index is 14.7. The Morgan fingerprint density at radius 1 is 1.31 bits per heavy atom. The predicted molar refractivity (Wildman–Crippen MR) is 144 cm³/mol. The Labute approximate surface area is 225 Å². The van der Waals surface area contributed by atoms with E-state index in [9.17, 15) is 22.8 Å². The van der Waals surface area contributed by atoms with Crippen LogP contribution in [0.25, 0.3) is 5.57 Å². The summed E-state index contributed by atoms with van der Waals surface area (Å²) >= 11 is 0. The summed E-state index contributed by atoms with van der Waals surface area (Å²) in [5.74, 6) is -1.69. The molecule has 0 radical (unpaired) electrons. The molecule has 1 aromatic carbocycles. The molecule has 4 N–H and O–H groups in total. The number of amides is 2. The summed E-state index contributed by atoms with van der Waals surface area (Å²) < 4.78 is 43.1. The number of carbonyl (C=O) groups is 2. The van der Waals surface area contributed by atoms with E-state index in [4.69, 9.17) is 5.73 Å². The minimum Gasteiger partial charge on any atom is -0.370 e. The van der Waals surface area contributed by atoms with Crippen molar-refractivity contribution in [2.75, 3.05) is 19.6 Å². The molecule has 1 aliphatic rings. The van der Waals surface area contributed by atoms with E-state index in [1.54, 1.807) is 11.8 Å². The molecule has 2 amide bonds. The van der Waals surface area contributed by atoms with Crippen molar-refractivity contribution in [1.82, 2.24) is 20.5 Å². The Kier molecular flexibility index (Phi) is 9.50. The molecule has 1 saturated heterocycles. The number of aromatic nitrogens is 1. The average Bonchev–Trinajstić information content (AvgIpc) is 2.85. The molecule has 1 aliphatic heterocycles. The van der Waals surface area contributed by atoms with Crippen molar-refractivity contribution < 1.29 is 22.8 Å². The first-order chi connectivity index (χ1) is 18.4. The Balaban J connectivity index is 1.74. The fourth-order valence-electron chi connectivity index (χ4n) is 4.37. The van der Waals surface area contributed by atoms with Crippen LogP contribution in [0, 0.1) is 11.6 Å². The number of aliphatic imine (C=N–C) groups is 1. The molecule has 8 nitrogen and oxygen atoms in total. The molecule has 11 heteroatoms. The second kappa shape index (κ2) is 12.6. The molecule has 0 saturated carbocycles. The Morgan fingerprint density at radius 2 is 2.03 bits per heavy atom. The van der Waals surface area contributed by atoms with Crippen LogP contribution in [0.1, 0.15) is 48.8 Å². The maximum Gasteiger partial charge on any atom is 0.251 e. The number of pyridine rings is 1. The Bertz CT molecular complexity index is 1290. The van der Waals surface area contributed by atoms with Crippen LogP contribution in [0.5, 0.6) is 0 Å². The Hall–Kier alpha value is -4.15. The van der Waals surface area contributed by atoms with Gasteiger partial charge >= 0.3 is 0 Å². The third kappa shape index (κ3) is 7.46. The van der Waals surface area contributed by atoms with Gasteiger partial charge in [-0.15, -0.1) is 0 Å². The summed E-state index contributed by atoms with van der Waals surface area (Å²) in [6.45, 7) is 8.99. The monoisotopic (exact) mass is 542 g/mol. The molecule has 208 valence electrons. The molecular weight excluding hydrogens is 509 g/mol. The topological polar surface area (TPSA) is 113 Å². The van der Waals surface area contributed by atoms with Gasteiger partial charge < -0.3 is 21.3 Å². The lowest BCUT2D eigenvalue weighted by Crippen LogP contribution is -2.60. The summed E-state index contributed by atoms with van der Waals surface area (Å²) in [5.41, 5.74) is 5.65. The number of guanidine groups is 1. The standard InChI is InChI=1S/C28H33F3N6O2/c1-5-19(22-11-20(8-9-23(22)30)26(39)36-21-14-37(15-21)18(3)38)13-34-27(32)35-16-28(4,12-17(2)29)25-24(31)7-6-10-33-25/h5-11,13,17,21H,1,12,14-16H2,2-4H3,(H,36,39)(H3,32,34,35)/b19-13+/t17-,28-/m1/s1. The van der Waals surface area contributed by atoms with Crippen LogP contribution >= 0.6 is 0 Å². The summed E-state index contributed by atoms with van der Waals surface area (Å²) in [5, 5.41) is 5.57. The number of nitrogens with zero attached hydrogens (tertiary/aromatic N) is 3. The van der Waals surface area contributed by atoms with E-state index in [-0.39, 0.29) is 47.7 Å². The SMILES string of the molecule is C=C/C(=C\NC(N)=NC[C@@](C)(C[C@@H](C)F)c1ncccc1F)c1cc(C(=O)NC2CN(C(C)=O)C2)ccc1F. The fourth-order valence-corrected chi connectivity index (χ4v) is 4.37. The van der Waals surface area contributed by atoms with E-state index in [1.165, 1.54) is 62.7 Å². The molecule has 39 heavy (non-hydrogen) atoms. The van der Waals surface area contributed by atoms with Gasteiger partial charge in [0, 0.05) is 54.5 Å². The van der Waals surface area contributed by atoms with Gasteiger partial charge in [-0.25, -0.2) is 13.2 Å². The van der Waals surface area contributed by atoms with Crippen molar-refractivity contribution in [3.63, 3.8) is 0 Å². The van der Waals surface area contributed by atoms with Crippen LogP contribution in [-0.2, 0) is 10.2 Å². The highest BCUT2D eigenvalue weighted by Gasteiger charge is 2.33. The van der Waals surface area contributed by atoms with Crippen molar-refractivity contribution >= 4 is 23.3 Å².